The van der Waals surface area contributed by atoms with Gasteiger partial charge in [-0.2, -0.15) is 0 Å². The van der Waals surface area contributed by atoms with E-state index in [0.29, 0.717) is 17.0 Å². The number of halogens is 2. The summed E-state index contributed by atoms with van der Waals surface area (Å²) >= 11 is 0. The van der Waals surface area contributed by atoms with Crippen molar-refractivity contribution in [3.05, 3.63) is 29.3 Å². The van der Waals surface area contributed by atoms with Gasteiger partial charge in [-0.15, -0.1) is 0 Å². The van der Waals surface area contributed by atoms with Crippen molar-refractivity contribution >= 4 is 23.6 Å². The predicted octanol–water partition coefficient (Wildman–Crippen LogP) is 0.719. The number of nitrogens with one attached hydrogen (secondary N) is 1. The first-order chi connectivity index (χ1) is 8.41. The van der Waals surface area contributed by atoms with Crippen molar-refractivity contribution in [2.24, 2.45) is 0 Å². The zero-order valence-corrected chi connectivity index (χ0v) is 8.74. The molecule has 0 spiro atoms. The smallest absolute Gasteiger partial charge is 0.338 e. The molecule has 1 heterocycles. The van der Waals surface area contributed by atoms with E-state index >= 15 is 0 Å². The predicted molar refractivity (Wildman–Crippen MR) is 54.2 cm³/mol. The van der Waals surface area contributed by atoms with Crippen LogP contribution in [0.1, 0.15) is 10.4 Å². The number of hydrogen-bond donors (Lipinski definition) is 2. The maximum atomic E-state index is 13.5. The minimum atomic E-state index is -1.62. The number of imide groups is 1. The van der Waals surface area contributed by atoms with Gasteiger partial charge in [-0.3, -0.25) is 4.79 Å². The van der Waals surface area contributed by atoms with Gasteiger partial charge in [-0.25, -0.2) is 23.3 Å². The molecule has 1 aromatic carbocycles. The Morgan fingerprint density at radius 3 is 2.44 bits per heavy atom. The zero-order chi connectivity index (χ0) is 13.4. The number of benzene rings is 1. The SMILES string of the molecule is O=C(O)c1cc(N2C(=O)CNC2=O)c(F)cc1F. The van der Waals surface area contributed by atoms with Crippen LogP contribution in [0, 0.1) is 11.6 Å². The van der Waals surface area contributed by atoms with Crippen molar-refractivity contribution in [3.8, 4) is 0 Å². The van der Waals surface area contributed by atoms with Crippen LogP contribution in [-0.4, -0.2) is 29.6 Å². The lowest BCUT2D eigenvalue weighted by Crippen LogP contribution is -2.31. The normalized spacial score (nSPS) is 14.9. The van der Waals surface area contributed by atoms with Gasteiger partial charge in [0.1, 0.15) is 11.6 Å². The zero-order valence-electron chi connectivity index (χ0n) is 8.74. The van der Waals surface area contributed by atoms with Crippen LogP contribution in [0.5, 0.6) is 0 Å². The molecule has 1 fully saturated rings. The summed E-state index contributed by atoms with van der Waals surface area (Å²) < 4.78 is 26.6. The summed E-state index contributed by atoms with van der Waals surface area (Å²) in [6.45, 7) is -0.321. The first kappa shape index (κ1) is 12.0. The molecule has 0 atom stereocenters. The van der Waals surface area contributed by atoms with E-state index in [-0.39, 0.29) is 6.54 Å². The van der Waals surface area contributed by atoms with E-state index in [9.17, 15) is 23.2 Å². The summed E-state index contributed by atoms with van der Waals surface area (Å²) in [4.78, 5) is 33.8. The molecule has 0 saturated carbocycles. The highest BCUT2D eigenvalue weighted by Gasteiger charge is 2.33. The Labute approximate surface area is 98.8 Å². The third kappa shape index (κ3) is 1.77. The summed E-state index contributed by atoms with van der Waals surface area (Å²) in [7, 11) is 0. The van der Waals surface area contributed by atoms with Crippen molar-refractivity contribution < 1.29 is 28.3 Å². The number of carbonyl (C=O) groups excluding carboxylic acids is 2. The highest BCUT2D eigenvalue weighted by atomic mass is 19.1. The van der Waals surface area contributed by atoms with Gasteiger partial charge in [0.15, 0.2) is 0 Å². The fourth-order valence-electron chi connectivity index (χ4n) is 1.54. The van der Waals surface area contributed by atoms with Gasteiger partial charge in [0.2, 0.25) is 0 Å². The molecule has 1 aliphatic heterocycles. The Kier molecular flexibility index (Phi) is 2.70. The number of carbonyl (C=O) groups is 3. The monoisotopic (exact) mass is 256 g/mol. The molecule has 1 aromatic rings. The molecule has 1 aliphatic rings. The largest absolute Gasteiger partial charge is 0.478 e. The third-order valence-corrected chi connectivity index (χ3v) is 2.35. The van der Waals surface area contributed by atoms with Crippen LogP contribution in [0.3, 0.4) is 0 Å². The second-order valence-corrected chi connectivity index (χ2v) is 3.48. The average molecular weight is 256 g/mol. The van der Waals surface area contributed by atoms with Crippen LogP contribution in [0.4, 0.5) is 19.3 Å². The second kappa shape index (κ2) is 4.06. The minimum Gasteiger partial charge on any atom is -0.478 e. The van der Waals surface area contributed by atoms with Crippen molar-refractivity contribution in [1.29, 1.82) is 0 Å². The molecule has 1 saturated heterocycles. The van der Waals surface area contributed by atoms with Gasteiger partial charge in [-0.1, -0.05) is 0 Å². The average Bonchev–Trinajstić information content (AvgIpc) is 2.59. The van der Waals surface area contributed by atoms with E-state index in [0.717, 1.165) is 0 Å². The number of anilines is 1. The first-order valence-electron chi connectivity index (χ1n) is 4.75. The van der Waals surface area contributed by atoms with Crippen molar-refractivity contribution in [3.63, 3.8) is 0 Å². The number of nitrogens with zero attached hydrogens (tertiary/aromatic N) is 1. The molecule has 18 heavy (non-hydrogen) atoms. The first-order valence-corrected chi connectivity index (χ1v) is 4.75. The second-order valence-electron chi connectivity index (χ2n) is 3.48. The van der Waals surface area contributed by atoms with Crippen molar-refractivity contribution in [2.45, 2.75) is 0 Å². The molecule has 2 N–H and O–H groups in total. The van der Waals surface area contributed by atoms with Crippen LogP contribution in [0.15, 0.2) is 12.1 Å². The number of amides is 3. The van der Waals surface area contributed by atoms with Crippen LogP contribution in [0.25, 0.3) is 0 Å². The quantitative estimate of drug-likeness (QED) is 0.763. The highest BCUT2D eigenvalue weighted by Crippen LogP contribution is 2.25. The van der Waals surface area contributed by atoms with Crippen LogP contribution in [-0.2, 0) is 4.79 Å². The molecule has 3 amide bonds. The molecular formula is C10H6F2N2O4. The molecule has 8 heteroatoms. The summed E-state index contributed by atoms with van der Waals surface area (Å²) in [6.07, 6.45) is 0. The summed E-state index contributed by atoms with van der Waals surface area (Å²) in [5.74, 6) is -4.85. The van der Waals surface area contributed by atoms with Gasteiger partial charge < -0.3 is 10.4 Å². The Balaban J connectivity index is 2.57. The highest BCUT2D eigenvalue weighted by molar-refractivity contribution is 6.20. The van der Waals surface area contributed by atoms with Gasteiger partial charge in [-0.05, 0) is 6.07 Å². The summed E-state index contributed by atoms with van der Waals surface area (Å²) in [5.41, 5.74) is -1.41. The summed E-state index contributed by atoms with van der Waals surface area (Å²) in [5, 5.41) is 10.8. The fourth-order valence-corrected chi connectivity index (χ4v) is 1.54. The standard InChI is InChI=1S/C10H6F2N2O4/c11-5-2-6(12)7(1-4(5)9(16)17)14-8(15)3-13-10(14)18/h1-2H,3H2,(H,13,18)(H,16,17). The lowest BCUT2D eigenvalue weighted by atomic mass is 10.1. The fraction of sp³-hybridized carbons (Fsp3) is 0.100. The van der Waals surface area contributed by atoms with Gasteiger partial charge in [0, 0.05) is 6.07 Å². The van der Waals surface area contributed by atoms with E-state index in [1.807, 2.05) is 0 Å². The lowest BCUT2D eigenvalue weighted by Gasteiger charge is -2.14. The Bertz CT molecular complexity index is 557. The molecule has 2 rings (SSSR count). The van der Waals surface area contributed by atoms with E-state index in [1.165, 1.54) is 0 Å². The maximum Gasteiger partial charge on any atom is 0.338 e. The number of hydrogen-bond acceptors (Lipinski definition) is 3. The third-order valence-electron chi connectivity index (χ3n) is 2.35. The van der Waals surface area contributed by atoms with Gasteiger partial charge in [0.25, 0.3) is 5.91 Å². The van der Waals surface area contributed by atoms with Gasteiger partial charge >= 0.3 is 12.0 Å². The molecule has 0 unspecified atom stereocenters. The van der Waals surface area contributed by atoms with Crippen LogP contribution >= 0.6 is 0 Å². The molecule has 0 radical (unpaired) electrons. The van der Waals surface area contributed by atoms with Crippen LogP contribution in [0.2, 0.25) is 0 Å². The number of carboxylic acid groups (broad SMARTS) is 1. The lowest BCUT2D eigenvalue weighted by molar-refractivity contribution is -0.115. The van der Waals surface area contributed by atoms with Crippen LogP contribution < -0.4 is 10.2 Å². The van der Waals surface area contributed by atoms with Crippen molar-refractivity contribution in [2.75, 3.05) is 11.4 Å². The molecule has 94 valence electrons. The molecule has 0 aliphatic carbocycles. The van der Waals surface area contributed by atoms with Crippen molar-refractivity contribution in [1.82, 2.24) is 5.32 Å². The van der Waals surface area contributed by atoms with E-state index < -0.39 is 40.8 Å². The van der Waals surface area contributed by atoms with E-state index in [1.54, 1.807) is 0 Å². The molecular weight excluding hydrogens is 250 g/mol. The Hall–Kier alpha value is -2.51. The Morgan fingerprint density at radius 2 is 1.94 bits per heavy atom. The summed E-state index contributed by atoms with van der Waals surface area (Å²) in [6, 6.07) is 0.0369. The number of urea groups is 1. The molecule has 0 aromatic heterocycles. The van der Waals surface area contributed by atoms with E-state index in [4.69, 9.17) is 5.11 Å². The maximum absolute atomic E-state index is 13.5. The van der Waals surface area contributed by atoms with E-state index in [2.05, 4.69) is 5.32 Å². The number of aromatic carboxylic acids is 1. The van der Waals surface area contributed by atoms with Gasteiger partial charge in [0.05, 0.1) is 17.8 Å². The topological polar surface area (TPSA) is 86.7 Å². The molecule has 0 bridgehead atoms. The Morgan fingerprint density at radius 1 is 1.28 bits per heavy atom. The molecule has 6 nitrogen and oxygen atoms in total. The minimum absolute atomic E-state index is 0.317. The number of rotatable bonds is 2. The number of carboxylic acids is 1.